The average molecular weight is 420 g/mol. The zero-order valence-corrected chi connectivity index (χ0v) is 17.7. The highest BCUT2D eigenvalue weighted by molar-refractivity contribution is 7.13. The highest BCUT2D eigenvalue weighted by Gasteiger charge is 2.16. The summed E-state index contributed by atoms with van der Waals surface area (Å²) < 4.78 is 11.8. The third kappa shape index (κ3) is 4.11. The van der Waals surface area contributed by atoms with E-state index in [0.29, 0.717) is 34.3 Å². The molecule has 6 nitrogen and oxygen atoms in total. The molecule has 30 heavy (non-hydrogen) atoms. The van der Waals surface area contributed by atoms with E-state index in [1.165, 1.54) is 16.9 Å². The minimum Gasteiger partial charge on any atom is -0.490 e. The first-order valence-electron chi connectivity index (χ1n) is 9.57. The highest BCUT2D eigenvalue weighted by atomic mass is 32.1. The number of thiazole rings is 1. The Bertz CT molecular complexity index is 1280. The molecule has 1 N–H and O–H groups in total. The van der Waals surface area contributed by atoms with Crippen molar-refractivity contribution in [2.75, 3.05) is 11.9 Å². The zero-order valence-electron chi connectivity index (χ0n) is 16.9. The molecule has 2 aromatic carbocycles. The van der Waals surface area contributed by atoms with E-state index in [2.05, 4.69) is 15.3 Å². The number of aryl methyl sites for hydroxylation is 2. The number of nitrogens with one attached hydrogen (secondary N) is 1. The molecule has 0 aliphatic heterocycles. The fraction of sp³-hybridized carbons (Fsp3) is 0.174. The fourth-order valence-electron chi connectivity index (χ4n) is 3.00. The number of rotatable bonds is 5. The SMILES string of the molecule is CCOc1cccc2cc(C(=O)Nc3nccs3)c(=Nc3ccc(C)c(C)c3)oc12. The van der Waals surface area contributed by atoms with Gasteiger partial charge in [-0.25, -0.2) is 9.98 Å². The molecule has 0 saturated carbocycles. The van der Waals surface area contributed by atoms with E-state index in [-0.39, 0.29) is 11.5 Å². The lowest BCUT2D eigenvalue weighted by atomic mass is 10.1. The lowest BCUT2D eigenvalue weighted by molar-refractivity contribution is 0.102. The zero-order chi connectivity index (χ0) is 21.1. The largest absolute Gasteiger partial charge is 0.490 e. The Labute approximate surface area is 177 Å². The Kier molecular flexibility index (Phi) is 5.63. The van der Waals surface area contributed by atoms with E-state index < -0.39 is 0 Å². The van der Waals surface area contributed by atoms with Crippen molar-refractivity contribution < 1.29 is 13.9 Å². The average Bonchev–Trinajstić information content (AvgIpc) is 3.24. The lowest BCUT2D eigenvalue weighted by Crippen LogP contribution is -2.21. The summed E-state index contributed by atoms with van der Waals surface area (Å²) in [5.41, 5.74) is 4.08. The molecule has 0 spiro atoms. The number of carbonyl (C=O) groups excluding carboxylic acids is 1. The van der Waals surface area contributed by atoms with Crippen molar-refractivity contribution in [2.24, 2.45) is 4.99 Å². The molecule has 0 unspecified atom stereocenters. The van der Waals surface area contributed by atoms with E-state index in [4.69, 9.17) is 9.15 Å². The van der Waals surface area contributed by atoms with Gasteiger partial charge in [0.1, 0.15) is 5.56 Å². The van der Waals surface area contributed by atoms with Gasteiger partial charge in [-0.15, -0.1) is 11.3 Å². The van der Waals surface area contributed by atoms with Crippen molar-refractivity contribution in [1.29, 1.82) is 0 Å². The van der Waals surface area contributed by atoms with Crippen molar-refractivity contribution in [3.63, 3.8) is 0 Å². The molecular weight excluding hydrogens is 398 g/mol. The van der Waals surface area contributed by atoms with Gasteiger partial charge >= 0.3 is 0 Å². The number of benzene rings is 2. The maximum Gasteiger partial charge on any atom is 0.262 e. The van der Waals surface area contributed by atoms with Crippen molar-refractivity contribution in [3.8, 4) is 5.75 Å². The van der Waals surface area contributed by atoms with Crippen molar-refractivity contribution >= 4 is 39.0 Å². The Hall–Kier alpha value is -3.45. The maximum atomic E-state index is 13.0. The minimum atomic E-state index is -0.333. The van der Waals surface area contributed by atoms with E-state index in [1.807, 2.05) is 57.2 Å². The number of nitrogens with zero attached hydrogens (tertiary/aromatic N) is 2. The molecule has 4 rings (SSSR count). The molecule has 152 valence electrons. The van der Waals surface area contributed by atoms with Gasteiger partial charge in [-0.2, -0.15) is 0 Å². The maximum absolute atomic E-state index is 13.0. The normalized spacial score (nSPS) is 11.6. The summed E-state index contributed by atoms with van der Waals surface area (Å²) in [6, 6.07) is 13.2. The molecule has 0 aliphatic carbocycles. The molecule has 4 aromatic rings. The van der Waals surface area contributed by atoms with Crippen molar-refractivity contribution in [2.45, 2.75) is 20.8 Å². The van der Waals surface area contributed by atoms with Gasteiger partial charge in [-0.05, 0) is 56.2 Å². The summed E-state index contributed by atoms with van der Waals surface area (Å²) in [5.74, 6) is 0.276. The number of anilines is 1. The first-order valence-corrected chi connectivity index (χ1v) is 10.5. The van der Waals surface area contributed by atoms with Crippen molar-refractivity contribution in [1.82, 2.24) is 4.98 Å². The Morgan fingerprint density at radius 2 is 2.07 bits per heavy atom. The van der Waals surface area contributed by atoms with Crippen LogP contribution in [0, 0.1) is 13.8 Å². The molecule has 0 radical (unpaired) electrons. The number of aromatic nitrogens is 1. The topological polar surface area (TPSA) is 76.7 Å². The van der Waals surface area contributed by atoms with Gasteiger partial charge in [0.15, 0.2) is 16.5 Å². The Balaban J connectivity index is 1.91. The van der Waals surface area contributed by atoms with E-state index in [1.54, 1.807) is 17.6 Å². The minimum absolute atomic E-state index is 0.215. The second kappa shape index (κ2) is 8.51. The van der Waals surface area contributed by atoms with Gasteiger partial charge in [0.05, 0.1) is 12.3 Å². The molecule has 2 aromatic heterocycles. The first-order chi connectivity index (χ1) is 14.5. The lowest BCUT2D eigenvalue weighted by Gasteiger charge is -2.09. The van der Waals surface area contributed by atoms with Gasteiger partial charge in [-0.1, -0.05) is 18.2 Å². The van der Waals surface area contributed by atoms with Crippen LogP contribution < -0.4 is 15.6 Å². The van der Waals surface area contributed by atoms with Crippen molar-refractivity contribution in [3.05, 3.63) is 76.3 Å². The monoisotopic (exact) mass is 419 g/mol. The first kappa shape index (κ1) is 19.8. The number of carbonyl (C=O) groups is 1. The second-order valence-corrected chi connectivity index (χ2v) is 7.64. The van der Waals surface area contributed by atoms with Crippen LogP contribution in [0.3, 0.4) is 0 Å². The summed E-state index contributed by atoms with van der Waals surface area (Å²) in [6.45, 7) is 6.48. The summed E-state index contributed by atoms with van der Waals surface area (Å²) in [7, 11) is 0. The van der Waals surface area contributed by atoms with Crippen LogP contribution in [0.25, 0.3) is 11.0 Å². The Morgan fingerprint density at radius 1 is 1.20 bits per heavy atom. The van der Waals surface area contributed by atoms with Crippen LogP contribution in [-0.4, -0.2) is 17.5 Å². The molecule has 0 atom stereocenters. The van der Waals surface area contributed by atoms with Gasteiger partial charge in [0.25, 0.3) is 5.91 Å². The molecular formula is C23H21N3O3S. The van der Waals surface area contributed by atoms with Crippen LogP contribution in [-0.2, 0) is 0 Å². The van der Waals surface area contributed by atoms with Crippen LogP contribution >= 0.6 is 11.3 Å². The van der Waals surface area contributed by atoms with Gasteiger partial charge in [-0.3, -0.25) is 10.1 Å². The van der Waals surface area contributed by atoms with Gasteiger partial charge < -0.3 is 9.15 Å². The molecule has 2 heterocycles. The van der Waals surface area contributed by atoms with Gasteiger partial charge in [0.2, 0.25) is 5.55 Å². The van der Waals surface area contributed by atoms with E-state index in [9.17, 15) is 4.79 Å². The fourth-order valence-corrected chi connectivity index (χ4v) is 3.53. The summed E-state index contributed by atoms with van der Waals surface area (Å²) in [4.78, 5) is 21.8. The van der Waals surface area contributed by atoms with Crippen LogP contribution in [0.15, 0.2) is 63.5 Å². The number of ether oxygens (including phenoxy) is 1. The molecule has 0 bridgehead atoms. The number of amides is 1. The quantitative estimate of drug-likeness (QED) is 0.470. The van der Waals surface area contributed by atoms with Crippen LogP contribution in [0.1, 0.15) is 28.4 Å². The molecule has 7 heteroatoms. The standard InChI is InChI=1S/C23H21N3O3S/c1-4-28-19-7-5-6-16-13-18(21(27)26-23-24-10-11-30-23)22(29-20(16)19)25-17-9-8-14(2)15(3)12-17/h5-13H,4H2,1-3H3,(H,24,26,27). The highest BCUT2D eigenvalue weighted by Crippen LogP contribution is 2.26. The second-order valence-electron chi connectivity index (χ2n) is 6.74. The van der Waals surface area contributed by atoms with E-state index >= 15 is 0 Å². The molecule has 0 fully saturated rings. The predicted molar refractivity (Wildman–Crippen MR) is 119 cm³/mol. The number of hydrogen-bond donors (Lipinski definition) is 1. The number of hydrogen-bond acceptors (Lipinski definition) is 6. The van der Waals surface area contributed by atoms with Gasteiger partial charge in [0, 0.05) is 17.0 Å². The Morgan fingerprint density at radius 3 is 2.80 bits per heavy atom. The van der Waals surface area contributed by atoms with Crippen LogP contribution in [0.2, 0.25) is 0 Å². The summed E-state index contributed by atoms with van der Waals surface area (Å²) >= 11 is 1.35. The van der Waals surface area contributed by atoms with E-state index in [0.717, 1.165) is 10.9 Å². The smallest absolute Gasteiger partial charge is 0.262 e. The van der Waals surface area contributed by atoms with Crippen LogP contribution in [0.4, 0.5) is 10.8 Å². The molecule has 0 saturated heterocycles. The number of para-hydroxylation sites is 1. The molecule has 1 amide bonds. The number of fused-ring (bicyclic) bond motifs is 1. The molecule has 0 aliphatic rings. The van der Waals surface area contributed by atoms with Crippen LogP contribution in [0.5, 0.6) is 5.75 Å². The third-order valence-electron chi connectivity index (χ3n) is 4.66. The predicted octanol–water partition coefficient (Wildman–Crippen LogP) is 5.39. The third-order valence-corrected chi connectivity index (χ3v) is 5.35. The summed E-state index contributed by atoms with van der Waals surface area (Å²) in [5, 5.41) is 5.88. The summed E-state index contributed by atoms with van der Waals surface area (Å²) in [6.07, 6.45) is 1.64.